The molecule has 1 aliphatic carbocycles. The molecule has 1 aliphatic rings. The van der Waals surface area contributed by atoms with Gasteiger partial charge < -0.3 is 5.32 Å². The fourth-order valence-electron chi connectivity index (χ4n) is 2.59. The van der Waals surface area contributed by atoms with Gasteiger partial charge in [0.05, 0.1) is 0 Å². The molecule has 0 heterocycles. The van der Waals surface area contributed by atoms with E-state index in [1.807, 2.05) is 0 Å². The lowest BCUT2D eigenvalue weighted by atomic mass is 9.97. The largest absolute Gasteiger partial charge is 0.314 e. The fourth-order valence-corrected chi connectivity index (χ4v) is 2.59. The summed E-state index contributed by atoms with van der Waals surface area (Å²) >= 11 is 0. The van der Waals surface area contributed by atoms with Gasteiger partial charge >= 0.3 is 0 Å². The molecule has 0 aromatic heterocycles. The van der Waals surface area contributed by atoms with Crippen LogP contribution in [0.3, 0.4) is 0 Å². The zero-order chi connectivity index (χ0) is 12.2. The number of rotatable bonds is 6. The minimum atomic E-state index is 0.352. The Labute approximate surface area is 102 Å². The first-order chi connectivity index (χ1) is 7.51. The van der Waals surface area contributed by atoms with Gasteiger partial charge in [-0.3, -0.25) is 4.90 Å². The third-order valence-corrected chi connectivity index (χ3v) is 4.46. The molecule has 0 aromatic carbocycles. The molecule has 1 N–H and O–H groups in total. The van der Waals surface area contributed by atoms with Crippen LogP contribution < -0.4 is 5.32 Å². The highest BCUT2D eigenvalue weighted by Crippen LogP contribution is 2.29. The Morgan fingerprint density at radius 2 is 1.94 bits per heavy atom. The lowest BCUT2D eigenvalue weighted by molar-refractivity contribution is 0.0984. The summed E-state index contributed by atoms with van der Waals surface area (Å²) in [4.78, 5) is 2.60. The van der Waals surface area contributed by atoms with Crippen molar-refractivity contribution in [2.75, 3.05) is 13.6 Å². The average Bonchev–Trinajstić information content (AvgIpc) is 2.73. The van der Waals surface area contributed by atoms with Crippen LogP contribution in [0.25, 0.3) is 0 Å². The van der Waals surface area contributed by atoms with Gasteiger partial charge in [0.1, 0.15) is 0 Å². The maximum absolute atomic E-state index is 3.66. The Morgan fingerprint density at radius 1 is 1.25 bits per heavy atom. The predicted octanol–water partition coefficient (Wildman–Crippen LogP) is 3.03. The van der Waals surface area contributed by atoms with Gasteiger partial charge in [0, 0.05) is 17.6 Å². The summed E-state index contributed by atoms with van der Waals surface area (Å²) in [6, 6.07) is 1.55. The summed E-state index contributed by atoms with van der Waals surface area (Å²) in [5.74, 6) is 0. The van der Waals surface area contributed by atoms with Crippen LogP contribution in [0.5, 0.6) is 0 Å². The highest BCUT2D eigenvalue weighted by Gasteiger charge is 2.33. The van der Waals surface area contributed by atoms with Gasteiger partial charge in [-0.15, -0.1) is 0 Å². The number of nitrogens with one attached hydrogen (secondary N) is 1. The van der Waals surface area contributed by atoms with Crippen LogP contribution in [0.2, 0.25) is 0 Å². The van der Waals surface area contributed by atoms with Crippen molar-refractivity contribution >= 4 is 0 Å². The maximum atomic E-state index is 3.66. The summed E-state index contributed by atoms with van der Waals surface area (Å²) in [5.41, 5.74) is 0.352. The van der Waals surface area contributed by atoms with Crippen LogP contribution in [-0.4, -0.2) is 36.1 Å². The second-order valence-electron chi connectivity index (χ2n) is 5.89. The second-order valence-corrected chi connectivity index (χ2v) is 5.89. The molecular weight excluding hydrogens is 196 g/mol. The van der Waals surface area contributed by atoms with Crippen molar-refractivity contribution in [2.45, 2.75) is 77.4 Å². The summed E-state index contributed by atoms with van der Waals surface area (Å²) in [6.07, 6.45) is 6.53. The van der Waals surface area contributed by atoms with Crippen molar-refractivity contribution in [3.8, 4) is 0 Å². The lowest BCUT2D eigenvalue weighted by Crippen LogP contribution is -2.46. The maximum Gasteiger partial charge on any atom is 0.0150 e. The van der Waals surface area contributed by atoms with Gasteiger partial charge in [0.25, 0.3) is 0 Å². The Balaban J connectivity index is 2.40. The quantitative estimate of drug-likeness (QED) is 0.749. The molecule has 0 radical (unpaired) electrons. The van der Waals surface area contributed by atoms with E-state index in [2.05, 4.69) is 45.0 Å². The third-order valence-electron chi connectivity index (χ3n) is 4.46. The Morgan fingerprint density at radius 3 is 2.50 bits per heavy atom. The molecule has 1 rings (SSSR count). The number of hydrogen-bond acceptors (Lipinski definition) is 2. The zero-order valence-electron chi connectivity index (χ0n) is 11.8. The van der Waals surface area contributed by atoms with E-state index in [1.165, 1.54) is 38.6 Å². The molecule has 0 spiro atoms. The number of nitrogens with zero attached hydrogens (tertiary/aromatic N) is 1. The van der Waals surface area contributed by atoms with Crippen LogP contribution in [0.4, 0.5) is 0 Å². The molecule has 0 bridgehead atoms. The van der Waals surface area contributed by atoms with Gasteiger partial charge in [-0.2, -0.15) is 0 Å². The first-order valence-electron chi connectivity index (χ1n) is 6.97. The Kier molecular flexibility index (Phi) is 5.26. The molecule has 2 unspecified atom stereocenters. The monoisotopic (exact) mass is 226 g/mol. The fraction of sp³-hybridized carbons (Fsp3) is 1.00. The van der Waals surface area contributed by atoms with E-state index in [1.54, 1.807) is 0 Å². The molecule has 0 saturated heterocycles. The molecule has 2 atom stereocenters. The highest BCUT2D eigenvalue weighted by atomic mass is 15.2. The minimum absolute atomic E-state index is 0.352. The van der Waals surface area contributed by atoms with Crippen molar-refractivity contribution in [3.63, 3.8) is 0 Å². The molecule has 1 fully saturated rings. The first-order valence-corrected chi connectivity index (χ1v) is 6.97. The van der Waals surface area contributed by atoms with Gasteiger partial charge in [0.2, 0.25) is 0 Å². The van der Waals surface area contributed by atoms with E-state index in [9.17, 15) is 0 Å². The Bertz CT molecular complexity index is 201. The average molecular weight is 226 g/mol. The standard InChI is InChI=1S/C14H30N2/c1-6-10-15-12-8-9-13(11-12)16(5)14(3,4)7-2/h12-13,15H,6-11H2,1-5H3. The van der Waals surface area contributed by atoms with Crippen molar-refractivity contribution in [1.29, 1.82) is 0 Å². The van der Waals surface area contributed by atoms with Crippen molar-refractivity contribution in [3.05, 3.63) is 0 Å². The van der Waals surface area contributed by atoms with E-state index in [-0.39, 0.29) is 0 Å². The molecule has 16 heavy (non-hydrogen) atoms. The molecule has 2 nitrogen and oxygen atoms in total. The lowest BCUT2D eigenvalue weighted by Gasteiger charge is -2.39. The molecule has 1 saturated carbocycles. The Hall–Kier alpha value is -0.0800. The number of hydrogen-bond donors (Lipinski definition) is 1. The van der Waals surface area contributed by atoms with Crippen LogP contribution in [0.15, 0.2) is 0 Å². The third kappa shape index (κ3) is 3.46. The molecule has 0 aliphatic heterocycles. The van der Waals surface area contributed by atoms with E-state index >= 15 is 0 Å². The molecule has 0 aromatic rings. The van der Waals surface area contributed by atoms with E-state index in [4.69, 9.17) is 0 Å². The summed E-state index contributed by atoms with van der Waals surface area (Å²) in [7, 11) is 2.30. The van der Waals surface area contributed by atoms with Crippen molar-refractivity contribution < 1.29 is 0 Å². The summed E-state index contributed by atoms with van der Waals surface area (Å²) in [5, 5.41) is 3.66. The van der Waals surface area contributed by atoms with E-state index in [0.29, 0.717) is 5.54 Å². The normalized spacial score (nSPS) is 26.6. The van der Waals surface area contributed by atoms with E-state index in [0.717, 1.165) is 12.1 Å². The minimum Gasteiger partial charge on any atom is -0.314 e. The predicted molar refractivity (Wildman–Crippen MR) is 71.9 cm³/mol. The summed E-state index contributed by atoms with van der Waals surface area (Å²) in [6.45, 7) is 10.4. The van der Waals surface area contributed by atoms with E-state index < -0.39 is 0 Å². The van der Waals surface area contributed by atoms with Gasteiger partial charge in [-0.05, 0) is 59.5 Å². The van der Waals surface area contributed by atoms with Crippen LogP contribution in [0.1, 0.15) is 59.8 Å². The smallest absolute Gasteiger partial charge is 0.0150 e. The molecule has 0 amide bonds. The summed E-state index contributed by atoms with van der Waals surface area (Å²) < 4.78 is 0. The molecule has 2 heteroatoms. The second kappa shape index (κ2) is 6.02. The van der Waals surface area contributed by atoms with Crippen molar-refractivity contribution in [2.24, 2.45) is 0 Å². The van der Waals surface area contributed by atoms with Crippen LogP contribution in [-0.2, 0) is 0 Å². The van der Waals surface area contributed by atoms with Gasteiger partial charge in [0.15, 0.2) is 0 Å². The highest BCUT2D eigenvalue weighted by molar-refractivity contribution is 4.91. The van der Waals surface area contributed by atoms with Crippen molar-refractivity contribution in [1.82, 2.24) is 10.2 Å². The zero-order valence-corrected chi connectivity index (χ0v) is 11.8. The van der Waals surface area contributed by atoms with Gasteiger partial charge in [-0.25, -0.2) is 0 Å². The van der Waals surface area contributed by atoms with Gasteiger partial charge in [-0.1, -0.05) is 13.8 Å². The molecular formula is C14H30N2. The topological polar surface area (TPSA) is 15.3 Å². The van der Waals surface area contributed by atoms with Crippen LogP contribution in [0, 0.1) is 0 Å². The van der Waals surface area contributed by atoms with Crippen LogP contribution >= 0.6 is 0 Å². The first kappa shape index (κ1) is 14.0. The molecule has 96 valence electrons. The SMILES string of the molecule is CCCNC1CCC(N(C)C(C)(C)CC)C1.